The summed E-state index contributed by atoms with van der Waals surface area (Å²) in [5, 5.41) is 9.49. The number of carbonyl (C=O) groups is 1. The van der Waals surface area contributed by atoms with Crippen LogP contribution in [0.5, 0.6) is 5.75 Å². The molecule has 2 aromatic carbocycles. The van der Waals surface area contributed by atoms with E-state index in [1.54, 1.807) is 7.11 Å². The minimum atomic E-state index is -0.776. The molecule has 21 heavy (non-hydrogen) atoms. The molecule has 1 N–H and O–H groups in total. The number of ether oxygens (including phenoxy) is 1. The molecule has 0 bridgehead atoms. The van der Waals surface area contributed by atoms with Gasteiger partial charge in [0.1, 0.15) is 5.75 Å². The Hall–Kier alpha value is -2.29. The quantitative estimate of drug-likeness (QED) is 0.883. The molecule has 1 unspecified atom stereocenters. The summed E-state index contributed by atoms with van der Waals surface area (Å²) < 4.78 is 5.34. The Kier molecular flexibility index (Phi) is 4.99. The number of rotatable bonds is 6. The first-order valence-corrected chi connectivity index (χ1v) is 7.00. The smallest absolute Gasteiger partial charge is 0.307 e. The van der Waals surface area contributed by atoms with Crippen LogP contribution in [0, 0.1) is 12.8 Å². The van der Waals surface area contributed by atoms with Gasteiger partial charge in [0.05, 0.1) is 13.0 Å². The van der Waals surface area contributed by atoms with Gasteiger partial charge in [-0.25, -0.2) is 0 Å². The number of hydrogen-bond donors (Lipinski definition) is 1. The van der Waals surface area contributed by atoms with Gasteiger partial charge in [-0.1, -0.05) is 48.0 Å². The fourth-order valence-corrected chi connectivity index (χ4v) is 2.48. The summed E-state index contributed by atoms with van der Waals surface area (Å²) in [4.78, 5) is 11.6. The SMILES string of the molecule is COc1ccc(C)cc1CC(Cc1ccccc1)C(=O)O. The predicted molar refractivity (Wildman–Crippen MR) is 82.7 cm³/mol. The van der Waals surface area contributed by atoms with Crippen LogP contribution in [0.15, 0.2) is 48.5 Å². The third-order valence-corrected chi connectivity index (χ3v) is 3.58. The molecule has 0 amide bonds. The van der Waals surface area contributed by atoms with Crippen molar-refractivity contribution < 1.29 is 14.6 Å². The second-order valence-corrected chi connectivity index (χ2v) is 5.24. The number of methoxy groups -OCH3 is 1. The molecule has 0 saturated carbocycles. The maximum absolute atomic E-state index is 11.6. The molecular formula is C18H20O3. The largest absolute Gasteiger partial charge is 0.496 e. The molecule has 3 nitrogen and oxygen atoms in total. The molecule has 2 rings (SSSR count). The molecule has 0 aliphatic carbocycles. The van der Waals surface area contributed by atoms with E-state index in [1.165, 1.54) is 0 Å². The van der Waals surface area contributed by atoms with Crippen molar-refractivity contribution in [3.8, 4) is 5.75 Å². The molecule has 0 heterocycles. The van der Waals surface area contributed by atoms with Crippen molar-refractivity contribution in [2.24, 2.45) is 5.92 Å². The molecule has 0 saturated heterocycles. The second kappa shape index (κ2) is 6.93. The highest BCUT2D eigenvalue weighted by molar-refractivity contribution is 5.71. The third kappa shape index (κ3) is 4.09. The Balaban J connectivity index is 2.20. The zero-order valence-electron chi connectivity index (χ0n) is 12.4. The lowest BCUT2D eigenvalue weighted by molar-refractivity contribution is -0.141. The van der Waals surface area contributed by atoms with E-state index in [2.05, 4.69) is 0 Å². The van der Waals surface area contributed by atoms with E-state index in [9.17, 15) is 9.90 Å². The summed E-state index contributed by atoms with van der Waals surface area (Å²) in [6.45, 7) is 2.00. The van der Waals surface area contributed by atoms with Gasteiger partial charge >= 0.3 is 5.97 Å². The van der Waals surface area contributed by atoms with Gasteiger partial charge in [0.2, 0.25) is 0 Å². The Morgan fingerprint density at radius 3 is 2.48 bits per heavy atom. The summed E-state index contributed by atoms with van der Waals surface area (Å²) in [7, 11) is 1.61. The Morgan fingerprint density at radius 2 is 1.86 bits per heavy atom. The average molecular weight is 284 g/mol. The van der Waals surface area contributed by atoms with Crippen LogP contribution in [0.1, 0.15) is 16.7 Å². The lowest BCUT2D eigenvalue weighted by atomic mass is 9.91. The van der Waals surface area contributed by atoms with Crippen molar-refractivity contribution in [3.05, 3.63) is 65.2 Å². The normalized spacial score (nSPS) is 11.9. The van der Waals surface area contributed by atoms with Crippen molar-refractivity contribution in [2.75, 3.05) is 7.11 Å². The minimum Gasteiger partial charge on any atom is -0.496 e. The number of benzene rings is 2. The number of aryl methyl sites for hydroxylation is 1. The van der Waals surface area contributed by atoms with Gasteiger partial charge in [0.15, 0.2) is 0 Å². The first-order chi connectivity index (χ1) is 10.1. The van der Waals surface area contributed by atoms with E-state index in [1.807, 2.05) is 55.5 Å². The first-order valence-electron chi connectivity index (χ1n) is 7.00. The van der Waals surface area contributed by atoms with Crippen LogP contribution < -0.4 is 4.74 Å². The van der Waals surface area contributed by atoms with Crippen molar-refractivity contribution >= 4 is 5.97 Å². The molecule has 0 aliphatic heterocycles. The molecule has 1 atom stereocenters. The molecule has 3 heteroatoms. The summed E-state index contributed by atoms with van der Waals surface area (Å²) in [5.74, 6) is -0.481. The van der Waals surface area contributed by atoms with Crippen LogP contribution in [0.3, 0.4) is 0 Å². The average Bonchev–Trinajstić information content (AvgIpc) is 2.48. The number of hydrogen-bond acceptors (Lipinski definition) is 2. The van der Waals surface area contributed by atoms with Gasteiger partial charge in [0.25, 0.3) is 0 Å². The van der Waals surface area contributed by atoms with E-state index in [4.69, 9.17) is 4.74 Å². The molecular weight excluding hydrogens is 264 g/mol. The fraction of sp³-hybridized carbons (Fsp3) is 0.278. The van der Waals surface area contributed by atoms with Crippen LogP contribution in [-0.4, -0.2) is 18.2 Å². The zero-order chi connectivity index (χ0) is 15.2. The molecule has 0 spiro atoms. The van der Waals surface area contributed by atoms with Crippen LogP contribution in [0.25, 0.3) is 0 Å². The lowest BCUT2D eigenvalue weighted by Crippen LogP contribution is -2.19. The molecule has 2 aromatic rings. The van der Waals surface area contributed by atoms with Gasteiger partial charge < -0.3 is 9.84 Å². The van der Waals surface area contributed by atoms with Crippen molar-refractivity contribution in [1.29, 1.82) is 0 Å². The van der Waals surface area contributed by atoms with Crippen LogP contribution in [-0.2, 0) is 17.6 Å². The molecule has 0 radical (unpaired) electrons. The van der Waals surface area contributed by atoms with Crippen molar-refractivity contribution in [3.63, 3.8) is 0 Å². The maximum atomic E-state index is 11.6. The molecule has 0 aromatic heterocycles. The number of carboxylic acids is 1. The predicted octanol–water partition coefficient (Wildman–Crippen LogP) is 3.49. The Bertz CT molecular complexity index is 605. The van der Waals surface area contributed by atoms with E-state index >= 15 is 0 Å². The summed E-state index contributed by atoms with van der Waals surface area (Å²) in [5.41, 5.74) is 3.09. The zero-order valence-corrected chi connectivity index (χ0v) is 12.4. The molecule has 110 valence electrons. The fourth-order valence-electron chi connectivity index (χ4n) is 2.48. The van der Waals surface area contributed by atoms with Gasteiger partial charge in [-0.2, -0.15) is 0 Å². The highest BCUT2D eigenvalue weighted by atomic mass is 16.5. The van der Waals surface area contributed by atoms with E-state index < -0.39 is 11.9 Å². The van der Waals surface area contributed by atoms with E-state index in [-0.39, 0.29) is 0 Å². The summed E-state index contributed by atoms with van der Waals surface area (Å²) in [6, 6.07) is 15.6. The van der Waals surface area contributed by atoms with E-state index in [0.29, 0.717) is 12.8 Å². The Morgan fingerprint density at radius 1 is 1.14 bits per heavy atom. The number of carboxylic acid groups (broad SMARTS) is 1. The maximum Gasteiger partial charge on any atom is 0.307 e. The third-order valence-electron chi connectivity index (χ3n) is 3.58. The van der Waals surface area contributed by atoms with Gasteiger partial charge in [-0.3, -0.25) is 4.79 Å². The van der Waals surface area contributed by atoms with Crippen molar-refractivity contribution in [2.45, 2.75) is 19.8 Å². The summed E-state index contributed by atoms with van der Waals surface area (Å²) in [6.07, 6.45) is 0.988. The van der Waals surface area contributed by atoms with Crippen LogP contribution in [0.2, 0.25) is 0 Å². The highest BCUT2D eigenvalue weighted by Gasteiger charge is 2.20. The topological polar surface area (TPSA) is 46.5 Å². The van der Waals surface area contributed by atoms with Crippen molar-refractivity contribution in [1.82, 2.24) is 0 Å². The lowest BCUT2D eigenvalue weighted by Gasteiger charge is -2.15. The standard InChI is InChI=1S/C18H20O3/c1-13-8-9-17(21-2)15(10-13)12-16(18(19)20)11-14-6-4-3-5-7-14/h3-10,16H,11-12H2,1-2H3,(H,19,20). The van der Waals surface area contributed by atoms with Gasteiger partial charge in [-0.05, 0) is 37.0 Å². The number of aliphatic carboxylic acids is 1. The first kappa shape index (κ1) is 15.1. The van der Waals surface area contributed by atoms with E-state index in [0.717, 1.165) is 22.4 Å². The molecule has 0 aliphatic rings. The minimum absolute atomic E-state index is 0.455. The van der Waals surface area contributed by atoms with Crippen LogP contribution in [0.4, 0.5) is 0 Å². The van der Waals surface area contributed by atoms with Gasteiger partial charge in [0, 0.05) is 0 Å². The Labute approximate surface area is 125 Å². The second-order valence-electron chi connectivity index (χ2n) is 5.24. The van der Waals surface area contributed by atoms with Gasteiger partial charge in [-0.15, -0.1) is 0 Å². The summed E-state index contributed by atoms with van der Waals surface area (Å²) >= 11 is 0. The monoisotopic (exact) mass is 284 g/mol. The highest BCUT2D eigenvalue weighted by Crippen LogP contribution is 2.24. The molecule has 0 fully saturated rings. The van der Waals surface area contributed by atoms with Crippen LogP contribution >= 0.6 is 0 Å².